The van der Waals surface area contributed by atoms with E-state index in [0.717, 1.165) is 18.8 Å². The van der Waals surface area contributed by atoms with Crippen molar-refractivity contribution in [1.82, 2.24) is 0 Å². The molecular formula is C21H25LuO-. The van der Waals surface area contributed by atoms with E-state index in [4.69, 9.17) is 4.74 Å². The number of benzene rings is 1. The van der Waals surface area contributed by atoms with Gasteiger partial charge >= 0.3 is 0 Å². The van der Waals surface area contributed by atoms with Crippen LogP contribution >= 0.6 is 0 Å². The summed E-state index contributed by atoms with van der Waals surface area (Å²) in [6.45, 7) is 5.72. The molecule has 3 fully saturated rings. The average Bonchev–Trinajstić information content (AvgIpc) is 3.37. The Kier molecular flexibility index (Phi) is 18.8. The van der Waals surface area contributed by atoms with Crippen molar-refractivity contribution in [3.63, 3.8) is 0 Å². The van der Waals surface area contributed by atoms with Crippen molar-refractivity contribution < 1.29 is 41.6 Å². The molecular weight excluding hydrogens is 443 g/mol. The second kappa shape index (κ2) is 18.6. The molecule has 0 atom stereocenters. The normalized spacial score (nSPS) is 18.3. The molecule has 0 bridgehead atoms. The number of hydrogen-bond acceptors (Lipinski definition) is 1. The monoisotopic (exact) mass is 468 g/mol. The molecule has 1 aromatic carbocycles. The quantitative estimate of drug-likeness (QED) is 0.502. The summed E-state index contributed by atoms with van der Waals surface area (Å²) in [7, 11) is 0. The first-order valence-electron chi connectivity index (χ1n) is 7.67. The molecule has 0 aromatic heterocycles. The smallest absolute Gasteiger partial charge is 0.0466 e. The molecule has 1 heterocycles. The zero-order valence-electron chi connectivity index (χ0n) is 13.4. The summed E-state index contributed by atoms with van der Waals surface area (Å²) in [5.74, 6) is 0. The van der Waals surface area contributed by atoms with E-state index in [2.05, 4.69) is 6.92 Å². The summed E-state index contributed by atoms with van der Waals surface area (Å²) >= 11 is 0. The van der Waals surface area contributed by atoms with Crippen molar-refractivity contribution in [2.75, 3.05) is 13.2 Å². The van der Waals surface area contributed by atoms with Crippen LogP contribution in [0.2, 0.25) is 0 Å². The van der Waals surface area contributed by atoms with Crippen LogP contribution in [0.1, 0.15) is 18.4 Å². The van der Waals surface area contributed by atoms with Gasteiger partial charge in [0.15, 0.2) is 0 Å². The summed E-state index contributed by atoms with van der Waals surface area (Å²) in [6.07, 6.45) is 22.6. The standard InChI is InChI=1S/C7H7.2C5H5.C4H8O.Lu/c1-7-5-3-2-4-6-7;3*1-2-4-5-3-1;/h2-6H,1H2;2*1-5H;1-4H2;/q-1;;;;. The van der Waals surface area contributed by atoms with Crippen molar-refractivity contribution >= 4 is 0 Å². The van der Waals surface area contributed by atoms with Crippen LogP contribution in [0, 0.1) is 108 Å². The summed E-state index contributed by atoms with van der Waals surface area (Å²) in [5.41, 5.74) is 1.07. The molecule has 11 radical (unpaired) electrons. The fourth-order valence-corrected chi connectivity index (χ4v) is 1.63. The molecule has 0 unspecified atom stereocenters. The van der Waals surface area contributed by atoms with Gasteiger partial charge in [-0.25, -0.2) is 0 Å². The Bertz CT molecular complexity index is 267. The third kappa shape index (κ3) is 16.9. The van der Waals surface area contributed by atoms with E-state index < -0.39 is 0 Å². The Morgan fingerprint density at radius 2 is 0.957 bits per heavy atom. The van der Waals surface area contributed by atoms with Crippen molar-refractivity contribution in [3.05, 3.63) is 107 Å². The molecule has 2 aliphatic carbocycles. The Morgan fingerprint density at radius 1 is 0.609 bits per heavy atom. The van der Waals surface area contributed by atoms with Crippen LogP contribution in [0.15, 0.2) is 30.3 Å². The molecule has 0 spiro atoms. The summed E-state index contributed by atoms with van der Waals surface area (Å²) in [5, 5.41) is 0. The third-order valence-corrected chi connectivity index (χ3v) is 2.78. The Balaban J connectivity index is 0.000000280. The molecule has 23 heavy (non-hydrogen) atoms. The largest absolute Gasteiger partial charge is 0.381 e. The average molecular weight is 468 g/mol. The molecule has 4 rings (SSSR count). The van der Waals surface area contributed by atoms with Crippen LogP contribution in [0.25, 0.3) is 0 Å². The van der Waals surface area contributed by atoms with Crippen LogP contribution in [-0.4, -0.2) is 13.2 Å². The van der Waals surface area contributed by atoms with E-state index in [1.54, 1.807) is 0 Å². The molecule has 1 nitrogen and oxygen atoms in total. The van der Waals surface area contributed by atoms with Crippen LogP contribution in [-0.2, 0) is 4.74 Å². The van der Waals surface area contributed by atoms with Gasteiger partial charge in [0.25, 0.3) is 0 Å². The molecule has 0 amide bonds. The van der Waals surface area contributed by atoms with Crippen molar-refractivity contribution in [1.29, 1.82) is 0 Å². The zero-order chi connectivity index (χ0) is 15.7. The van der Waals surface area contributed by atoms with Gasteiger partial charge in [-0.15, -0.1) is 12.1 Å². The van der Waals surface area contributed by atoms with Gasteiger partial charge in [0.2, 0.25) is 0 Å². The maximum absolute atomic E-state index is 4.94. The SMILES string of the molecule is C1CCOC1.[CH2-]c1ccccc1.[CH]1[CH][CH][CH][CH]1.[CH]1[CH][CH][CH][CH]1.[Lu]. The second-order valence-electron chi connectivity index (χ2n) is 4.73. The molecule has 3 aliphatic rings. The number of hydrogen-bond donors (Lipinski definition) is 0. The Hall–Kier alpha value is 0.284. The van der Waals surface area contributed by atoms with Gasteiger partial charge < -0.3 is 4.74 Å². The van der Waals surface area contributed by atoms with E-state index in [1.165, 1.54) is 12.8 Å². The minimum atomic E-state index is 0. The minimum Gasteiger partial charge on any atom is -0.381 e. The predicted octanol–water partition coefficient (Wildman–Crippen LogP) is 4.71. The number of rotatable bonds is 0. The zero-order valence-corrected chi connectivity index (χ0v) is 15.0. The van der Waals surface area contributed by atoms with E-state index in [1.807, 2.05) is 94.5 Å². The van der Waals surface area contributed by atoms with Gasteiger partial charge in [-0.3, -0.25) is 0 Å². The van der Waals surface area contributed by atoms with Crippen LogP contribution in [0.3, 0.4) is 0 Å². The van der Waals surface area contributed by atoms with Crippen LogP contribution in [0.5, 0.6) is 0 Å². The first kappa shape index (κ1) is 23.3. The number of ether oxygens (including phenoxy) is 1. The molecule has 2 heteroatoms. The van der Waals surface area contributed by atoms with Gasteiger partial charge in [0, 0.05) is 50.1 Å². The molecule has 2 saturated carbocycles. The van der Waals surface area contributed by atoms with E-state index in [-0.39, 0.29) is 36.9 Å². The fraction of sp³-hybridized carbons (Fsp3) is 0.190. The minimum absolute atomic E-state index is 0. The predicted molar refractivity (Wildman–Crippen MR) is 94.0 cm³/mol. The maximum Gasteiger partial charge on any atom is 0.0466 e. The first-order valence-corrected chi connectivity index (χ1v) is 7.67. The fourth-order valence-electron chi connectivity index (χ4n) is 1.63. The summed E-state index contributed by atoms with van der Waals surface area (Å²) in [4.78, 5) is 0. The van der Waals surface area contributed by atoms with Gasteiger partial charge in [-0.05, 0) is 77.0 Å². The molecule has 1 aliphatic heterocycles. The third-order valence-electron chi connectivity index (χ3n) is 2.78. The Morgan fingerprint density at radius 3 is 1.13 bits per heavy atom. The van der Waals surface area contributed by atoms with E-state index in [9.17, 15) is 0 Å². The first-order chi connectivity index (χ1) is 10.9. The topological polar surface area (TPSA) is 9.23 Å². The van der Waals surface area contributed by atoms with Gasteiger partial charge in [0.1, 0.15) is 0 Å². The summed E-state index contributed by atoms with van der Waals surface area (Å²) < 4.78 is 4.94. The summed E-state index contributed by atoms with van der Waals surface area (Å²) in [6, 6.07) is 9.87. The van der Waals surface area contributed by atoms with Crippen molar-refractivity contribution in [2.45, 2.75) is 12.8 Å². The molecule has 131 valence electrons. The van der Waals surface area contributed by atoms with Crippen molar-refractivity contribution in [2.24, 2.45) is 0 Å². The van der Waals surface area contributed by atoms with Crippen LogP contribution < -0.4 is 0 Å². The molecule has 1 saturated heterocycles. The Labute approximate surface area is 173 Å². The second-order valence-corrected chi connectivity index (χ2v) is 4.73. The van der Waals surface area contributed by atoms with Gasteiger partial charge in [-0.2, -0.15) is 24.6 Å². The van der Waals surface area contributed by atoms with Crippen LogP contribution in [0.4, 0.5) is 0 Å². The van der Waals surface area contributed by atoms with Crippen molar-refractivity contribution in [3.8, 4) is 0 Å². The van der Waals surface area contributed by atoms with E-state index >= 15 is 0 Å². The van der Waals surface area contributed by atoms with Gasteiger partial charge in [0.05, 0.1) is 0 Å². The molecule has 1 aromatic rings. The van der Waals surface area contributed by atoms with Gasteiger partial charge in [-0.1, -0.05) is 6.07 Å². The van der Waals surface area contributed by atoms with E-state index in [0.29, 0.717) is 0 Å². The molecule has 0 N–H and O–H groups in total. The maximum atomic E-state index is 4.94.